The van der Waals surface area contributed by atoms with Crippen LogP contribution in [0.1, 0.15) is 12.7 Å². The van der Waals surface area contributed by atoms with Gasteiger partial charge in [0.1, 0.15) is 29.5 Å². The molecule has 1 aromatic carbocycles. The summed E-state index contributed by atoms with van der Waals surface area (Å²) < 4.78 is 10.9. The molecule has 0 radical (unpaired) electrons. The number of rotatable bonds is 7. The molecule has 0 aliphatic heterocycles. The first-order valence-corrected chi connectivity index (χ1v) is 7.42. The van der Waals surface area contributed by atoms with E-state index in [0.29, 0.717) is 24.8 Å². The predicted octanol–water partition coefficient (Wildman–Crippen LogP) is 3.82. The number of hydrogen-bond donors (Lipinski definition) is 2. The van der Waals surface area contributed by atoms with Gasteiger partial charge >= 0.3 is 0 Å². The van der Waals surface area contributed by atoms with Crippen LogP contribution in [0.5, 0.6) is 5.75 Å². The first kappa shape index (κ1) is 14.9. The highest BCUT2D eigenvalue weighted by Gasteiger charge is 2.05. The second-order valence-electron chi connectivity index (χ2n) is 4.78. The highest BCUT2D eigenvalue weighted by Crippen LogP contribution is 2.27. The monoisotopic (exact) mass is 310 g/mol. The van der Waals surface area contributed by atoms with Crippen molar-refractivity contribution in [2.75, 3.05) is 17.2 Å². The van der Waals surface area contributed by atoms with E-state index in [1.165, 1.54) is 6.33 Å². The molecule has 6 heteroatoms. The maximum absolute atomic E-state index is 5.60. The van der Waals surface area contributed by atoms with Crippen LogP contribution in [0.3, 0.4) is 0 Å². The number of benzene rings is 1. The molecular formula is C17H18N4O2. The molecule has 0 saturated carbocycles. The number of para-hydroxylation sites is 2. The van der Waals surface area contributed by atoms with Gasteiger partial charge in [0.25, 0.3) is 0 Å². The van der Waals surface area contributed by atoms with Gasteiger partial charge in [-0.05, 0) is 31.2 Å². The second kappa shape index (κ2) is 7.31. The number of hydrogen-bond acceptors (Lipinski definition) is 6. The predicted molar refractivity (Wildman–Crippen MR) is 89.0 cm³/mol. The van der Waals surface area contributed by atoms with Crippen LogP contribution in [0.4, 0.5) is 17.3 Å². The van der Waals surface area contributed by atoms with Crippen molar-refractivity contribution in [1.82, 2.24) is 9.97 Å². The van der Waals surface area contributed by atoms with Gasteiger partial charge in [-0.3, -0.25) is 0 Å². The summed E-state index contributed by atoms with van der Waals surface area (Å²) in [7, 11) is 0. The lowest BCUT2D eigenvalue weighted by atomic mass is 10.3. The Labute approximate surface area is 134 Å². The molecule has 0 bridgehead atoms. The maximum atomic E-state index is 5.60. The molecule has 0 atom stereocenters. The van der Waals surface area contributed by atoms with E-state index < -0.39 is 0 Å². The van der Waals surface area contributed by atoms with E-state index in [1.54, 1.807) is 6.26 Å². The van der Waals surface area contributed by atoms with Crippen molar-refractivity contribution in [1.29, 1.82) is 0 Å². The fourth-order valence-corrected chi connectivity index (χ4v) is 2.10. The van der Waals surface area contributed by atoms with Crippen LogP contribution in [0.25, 0.3) is 0 Å². The van der Waals surface area contributed by atoms with E-state index in [4.69, 9.17) is 9.15 Å². The molecule has 3 aromatic rings. The van der Waals surface area contributed by atoms with E-state index in [0.717, 1.165) is 17.2 Å². The zero-order valence-electron chi connectivity index (χ0n) is 12.8. The summed E-state index contributed by atoms with van der Waals surface area (Å²) in [5.41, 5.74) is 0.866. The van der Waals surface area contributed by atoms with Gasteiger partial charge in [0.05, 0.1) is 25.1 Å². The highest BCUT2D eigenvalue weighted by atomic mass is 16.5. The average Bonchev–Trinajstić information content (AvgIpc) is 3.09. The van der Waals surface area contributed by atoms with Crippen LogP contribution >= 0.6 is 0 Å². The van der Waals surface area contributed by atoms with Gasteiger partial charge in [0, 0.05) is 6.07 Å². The van der Waals surface area contributed by atoms with Gasteiger partial charge in [0.15, 0.2) is 0 Å². The molecule has 0 saturated heterocycles. The molecule has 2 aromatic heterocycles. The Kier molecular flexibility index (Phi) is 4.73. The molecule has 6 nitrogen and oxygen atoms in total. The van der Waals surface area contributed by atoms with Crippen LogP contribution in [0.15, 0.2) is 59.5 Å². The molecule has 23 heavy (non-hydrogen) atoms. The van der Waals surface area contributed by atoms with Gasteiger partial charge in [-0.15, -0.1) is 0 Å². The lowest BCUT2D eigenvalue weighted by molar-refractivity contribution is 0.342. The number of aromatic nitrogens is 2. The number of anilines is 3. The highest BCUT2D eigenvalue weighted by molar-refractivity contribution is 5.65. The third-order valence-corrected chi connectivity index (χ3v) is 3.14. The number of ether oxygens (including phenoxy) is 1. The molecule has 0 unspecified atom stereocenters. The molecule has 0 amide bonds. The Hall–Kier alpha value is -3.02. The lowest BCUT2D eigenvalue weighted by Crippen LogP contribution is -2.03. The van der Waals surface area contributed by atoms with E-state index in [2.05, 4.69) is 20.6 Å². The standard InChI is InChI=1S/C17H18N4O2/c1-2-22-15-8-4-3-7-14(15)21-17-10-16(19-12-20-17)18-11-13-6-5-9-23-13/h3-10,12H,2,11H2,1H3,(H2,18,19,20,21). The Morgan fingerprint density at radius 1 is 1.09 bits per heavy atom. The summed E-state index contributed by atoms with van der Waals surface area (Å²) in [5.74, 6) is 3.04. The Balaban J connectivity index is 1.70. The minimum Gasteiger partial charge on any atom is -0.492 e. The largest absolute Gasteiger partial charge is 0.492 e. The Morgan fingerprint density at radius 3 is 2.78 bits per heavy atom. The lowest BCUT2D eigenvalue weighted by Gasteiger charge is -2.12. The minimum absolute atomic E-state index is 0.568. The molecule has 0 spiro atoms. The molecule has 3 rings (SSSR count). The van der Waals surface area contributed by atoms with Gasteiger partial charge in [-0.25, -0.2) is 9.97 Å². The number of furan rings is 1. The van der Waals surface area contributed by atoms with Crippen LogP contribution in [-0.4, -0.2) is 16.6 Å². The topological polar surface area (TPSA) is 72.2 Å². The Bertz CT molecular complexity index is 744. The second-order valence-corrected chi connectivity index (χ2v) is 4.78. The molecule has 0 aliphatic carbocycles. The SMILES string of the molecule is CCOc1ccccc1Nc1cc(NCc2ccco2)ncn1. The molecule has 0 aliphatic rings. The van der Waals surface area contributed by atoms with Crippen LogP contribution in [-0.2, 0) is 6.54 Å². The van der Waals surface area contributed by atoms with Crippen molar-refractivity contribution >= 4 is 17.3 Å². The van der Waals surface area contributed by atoms with Crippen LogP contribution in [0.2, 0.25) is 0 Å². The number of nitrogens with one attached hydrogen (secondary N) is 2. The third-order valence-electron chi connectivity index (χ3n) is 3.14. The molecule has 2 N–H and O–H groups in total. The van der Waals surface area contributed by atoms with Crippen LogP contribution < -0.4 is 15.4 Å². The molecule has 2 heterocycles. The van der Waals surface area contributed by atoms with Crippen molar-refractivity contribution in [3.8, 4) is 5.75 Å². The average molecular weight is 310 g/mol. The summed E-state index contributed by atoms with van der Waals surface area (Å²) in [6, 6.07) is 13.4. The quantitative estimate of drug-likeness (QED) is 0.691. The van der Waals surface area contributed by atoms with Crippen molar-refractivity contribution in [3.63, 3.8) is 0 Å². The van der Waals surface area contributed by atoms with E-state index in [9.17, 15) is 0 Å². The molecule has 118 valence electrons. The number of nitrogens with zero attached hydrogens (tertiary/aromatic N) is 2. The fraction of sp³-hybridized carbons (Fsp3) is 0.176. The maximum Gasteiger partial charge on any atom is 0.142 e. The third kappa shape index (κ3) is 4.00. The fourth-order valence-electron chi connectivity index (χ4n) is 2.10. The van der Waals surface area contributed by atoms with Gasteiger partial charge in [0.2, 0.25) is 0 Å². The van der Waals surface area contributed by atoms with Gasteiger partial charge < -0.3 is 19.8 Å². The van der Waals surface area contributed by atoms with Crippen molar-refractivity contribution in [2.45, 2.75) is 13.5 Å². The van der Waals surface area contributed by atoms with E-state index in [1.807, 2.05) is 49.4 Å². The van der Waals surface area contributed by atoms with Crippen LogP contribution in [0, 0.1) is 0 Å². The zero-order valence-corrected chi connectivity index (χ0v) is 12.8. The van der Waals surface area contributed by atoms with Gasteiger partial charge in [-0.2, -0.15) is 0 Å². The summed E-state index contributed by atoms with van der Waals surface area (Å²) in [4.78, 5) is 8.44. The van der Waals surface area contributed by atoms with Crippen molar-refractivity contribution < 1.29 is 9.15 Å². The minimum atomic E-state index is 0.568. The van der Waals surface area contributed by atoms with Crippen molar-refractivity contribution in [3.05, 3.63) is 60.8 Å². The summed E-state index contributed by atoms with van der Waals surface area (Å²) >= 11 is 0. The van der Waals surface area contributed by atoms with E-state index in [-0.39, 0.29) is 0 Å². The molecular weight excluding hydrogens is 292 g/mol. The van der Waals surface area contributed by atoms with Crippen molar-refractivity contribution in [2.24, 2.45) is 0 Å². The van der Waals surface area contributed by atoms with E-state index >= 15 is 0 Å². The van der Waals surface area contributed by atoms with Gasteiger partial charge in [-0.1, -0.05) is 12.1 Å². The zero-order chi connectivity index (χ0) is 15.9. The summed E-state index contributed by atoms with van der Waals surface area (Å²) in [5, 5.41) is 6.45. The first-order valence-electron chi connectivity index (χ1n) is 7.42. The molecule has 0 fully saturated rings. The smallest absolute Gasteiger partial charge is 0.142 e. The summed E-state index contributed by atoms with van der Waals surface area (Å²) in [6.07, 6.45) is 3.16. The Morgan fingerprint density at radius 2 is 1.96 bits per heavy atom. The summed E-state index contributed by atoms with van der Waals surface area (Å²) in [6.45, 7) is 3.13. The normalized spacial score (nSPS) is 10.3. The first-order chi connectivity index (χ1) is 11.3.